The Balaban J connectivity index is 2.12. The van der Waals surface area contributed by atoms with Crippen molar-refractivity contribution >= 4 is 21.2 Å². The molecule has 0 aliphatic carbocycles. The average molecular weight is 368 g/mol. The van der Waals surface area contributed by atoms with Gasteiger partial charge in [0.1, 0.15) is 5.75 Å². The zero-order chi connectivity index (χ0) is 18.4. The lowest BCUT2D eigenvalue weighted by Gasteiger charge is -2.08. The molecule has 2 rings (SSSR count). The predicted molar refractivity (Wildman–Crippen MR) is 93.1 cm³/mol. The molecule has 2 aromatic carbocycles. The lowest BCUT2D eigenvalue weighted by molar-refractivity contribution is -0.0498. The summed E-state index contributed by atoms with van der Waals surface area (Å²) in [5.41, 5.74) is 4.98. The maximum atomic E-state index is 12.2. The van der Waals surface area contributed by atoms with Gasteiger partial charge < -0.3 is 4.74 Å². The van der Waals surface area contributed by atoms with E-state index in [1.807, 2.05) is 6.92 Å². The van der Waals surface area contributed by atoms with E-state index in [9.17, 15) is 17.2 Å². The lowest BCUT2D eigenvalue weighted by Crippen LogP contribution is -2.05. The SMILES string of the molecule is CCC(=NNc1ccc(S(C)(=O)=O)cc1)c1ccc(OC(F)F)cc1. The van der Waals surface area contributed by atoms with Gasteiger partial charge in [-0.05, 0) is 60.5 Å². The molecule has 0 aromatic heterocycles. The van der Waals surface area contributed by atoms with Gasteiger partial charge in [0.2, 0.25) is 0 Å². The Morgan fingerprint density at radius 1 is 1.12 bits per heavy atom. The van der Waals surface area contributed by atoms with E-state index in [0.29, 0.717) is 12.1 Å². The first-order chi connectivity index (χ1) is 11.8. The van der Waals surface area contributed by atoms with Crippen molar-refractivity contribution in [3.05, 3.63) is 54.1 Å². The minimum Gasteiger partial charge on any atom is -0.435 e. The molecule has 0 bridgehead atoms. The fraction of sp³-hybridized carbons (Fsp3) is 0.235. The highest BCUT2D eigenvalue weighted by atomic mass is 32.2. The number of halogens is 2. The van der Waals surface area contributed by atoms with Crippen LogP contribution in [-0.2, 0) is 9.84 Å². The van der Waals surface area contributed by atoms with Crippen molar-refractivity contribution in [2.45, 2.75) is 24.9 Å². The molecule has 0 aliphatic heterocycles. The summed E-state index contributed by atoms with van der Waals surface area (Å²) in [5, 5.41) is 4.29. The first kappa shape index (κ1) is 18.9. The average Bonchev–Trinajstić information content (AvgIpc) is 2.56. The zero-order valence-electron chi connectivity index (χ0n) is 13.7. The molecular weight excluding hydrogens is 350 g/mol. The van der Waals surface area contributed by atoms with Crippen molar-refractivity contribution in [3.63, 3.8) is 0 Å². The van der Waals surface area contributed by atoms with Crippen LogP contribution in [0.4, 0.5) is 14.5 Å². The highest BCUT2D eigenvalue weighted by Gasteiger charge is 2.07. The highest BCUT2D eigenvalue weighted by molar-refractivity contribution is 7.90. The summed E-state index contributed by atoms with van der Waals surface area (Å²) in [6.07, 6.45) is 1.76. The molecule has 0 fully saturated rings. The molecule has 0 spiro atoms. The monoisotopic (exact) mass is 368 g/mol. The minimum atomic E-state index is -3.24. The molecule has 1 N–H and O–H groups in total. The van der Waals surface area contributed by atoms with Crippen LogP contribution in [0.25, 0.3) is 0 Å². The molecule has 2 aromatic rings. The van der Waals surface area contributed by atoms with Crippen LogP contribution < -0.4 is 10.2 Å². The molecule has 8 heteroatoms. The van der Waals surface area contributed by atoms with Crippen LogP contribution in [-0.4, -0.2) is 27.0 Å². The first-order valence-electron chi connectivity index (χ1n) is 7.47. The van der Waals surface area contributed by atoms with Crippen molar-refractivity contribution in [2.75, 3.05) is 11.7 Å². The molecular formula is C17H18F2N2O3S. The van der Waals surface area contributed by atoms with E-state index in [0.717, 1.165) is 17.5 Å². The third-order valence-electron chi connectivity index (χ3n) is 3.35. The topological polar surface area (TPSA) is 67.8 Å². The molecule has 5 nitrogen and oxygen atoms in total. The molecule has 0 unspecified atom stereocenters. The summed E-state index contributed by atoms with van der Waals surface area (Å²) in [6.45, 7) is -0.946. The molecule has 0 radical (unpaired) electrons. The predicted octanol–water partition coefficient (Wildman–Crippen LogP) is 3.92. The van der Waals surface area contributed by atoms with E-state index in [2.05, 4.69) is 15.3 Å². The first-order valence-corrected chi connectivity index (χ1v) is 9.36. The molecule has 0 atom stereocenters. The van der Waals surface area contributed by atoms with Crippen LogP contribution in [0.15, 0.2) is 58.5 Å². The van der Waals surface area contributed by atoms with Crippen LogP contribution in [0.2, 0.25) is 0 Å². The molecule has 25 heavy (non-hydrogen) atoms. The summed E-state index contributed by atoms with van der Waals surface area (Å²) < 4.78 is 51.5. The van der Waals surface area contributed by atoms with Crippen LogP contribution in [0.1, 0.15) is 18.9 Å². The van der Waals surface area contributed by atoms with Crippen molar-refractivity contribution in [1.29, 1.82) is 0 Å². The van der Waals surface area contributed by atoms with Crippen molar-refractivity contribution < 1.29 is 21.9 Å². The van der Waals surface area contributed by atoms with Gasteiger partial charge in [-0.3, -0.25) is 5.43 Å². The van der Waals surface area contributed by atoms with Gasteiger partial charge in [-0.25, -0.2) is 8.42 Å². The van der Waals surface area contributed by atoms with Crippen molar-refractivity contribution in [2.24, 2.45) is 5.10 Å². The normalized spacial score (nSPS) is 12.3. The van der Waals surface area contributed by atoms with Crippen LogP contribution >= 0.6 is 0 Å². The molecule has 134 valence electrons. The summed E-state index contributed by atoms with van der Waals surface area (Å²) in [4.78, 5) is 0.229. The second-order valence-electron chi connectivity index (χ2n) is 5.22. The number of hydrazone groups is 1. The fourth-order valence-corrected chi connectivity index (χ4v) is 2.72. The Bertz CT molecular complexity index is 833. The van der Waals surface area contributed by atoms with Gasteiger partial charge >= 0.3 is 6.61 Å². The minimum absolute atomic E-state index is 0.0820. The van der Waals surface area contributed by atoms with Crippen LogP contribution in [0.3, 0.4) is 0 Å². The number of sulfone groups is 1. The van der Waals surface area contributed by atoms with E-state index in [1.165, 1.54) is 24.3 Å². The van der Waals surface area contributed by atoms with E-state index in [4.69, 9.17) is 0 Å². The van der Waals surface area contributed by atoms with E-state index >= 15 is 0 Å². The van der Waals surface area contributed by atoms with E-state index < -0.39 is 16.4 Å². The fourth-order valence-electron chi connectivity index (χ4n) is 2.09. The third-order valence-corrected chi connectivity index (χ3v) is 4.48. The van der Waals surface area contributed by atoms with Crippen molar-refractivity contribution in [3.8, 4) is 5.75 Å². The molecule has 0 amide bonds. The zero-order valence-corrected chi connectivity index (χ0v) is 14.6. The molecule has 0 saturated heterocycles. The number of ether oxygens (including phenoxy) is 1. The number of hydrogen-bond acceptors (Lipinski definition) is 5. The maximum absolute atomic E-state index is 12.2. The smallest absolute Gasteiger partial charge is 0.387 e. The van der Waals surface area contributed by atoms with Gasteiger partial charge in [-0.1, -0.05) is 6.92 Å². The van der Waals surface area contributed by atoms with E-state index in [-0.39, 0.29) is 10.6 Å². The largest absolute Gasteiger partial charge is 0.435 e. The second-order valence-corrected chi connectivity index (χ2v) is 7.24. The molecule has 0 aliphatic rings. The van der Waals surface area contributed by atoms with Crippen LogP contribution in [0.5, 0.6) is 5.75 Å². The number of anilines is 1. The summed E-state index contributed by atoms with van der Waals surface area (Å²) in [7, 11) is -3.24. The van der Waals surface area contributed by atoms with Gasteiger partial charge in [0, 0.05) is 6.26 Å². The van der Waals surface area contributed by atoms with Gasteiger partial charge in [0.05, 0.1) is 16.3 Å². The molecule has 0 heterocycles. The van der Waals surface area contributed by atoms with Gasteiger partial charge in [0.25, 0.3) is 0 Å². The summed E-state index contributed by atoms with van der Waals surface area (Å²) in [5.74, 6) is 0.0820. The Morgan fingerprint density at radius 3 is 2.20 bits per heavy atom. The highest BCUT2D eigenvalue weighted by Crippen LogP contribution is 2.17. The number of benzene rings is 2. The number of nitrogens with zero attached hydrogens (tertiary/aromatic N) is 1. The standard InChI is InChI=1S/C17H18F2N2O3S/c1-3-16(12-4-8-14(9-5-12)24-17(18)19)21-20-13-6-10-15(11-7-13)25(2,22)23/h4-11,17,20H,3H2,1-2H3. The summed E-state index contributed by atoms with van der Waals surface area (Å²) >= 11 is 0. The number of alkyl halides is 2. The Hall–Kier alpha value is -2.48. The Labute approximate surface area is 145 Å². The quantitative estimate of drug-likeness (QED) is 0.594. The van der Waals surface area contributed by atoms with Gasteiger partial charge in [-0.2, -0.15) is 13.9 Å². The van der Waals surface area contributed by atoms with E-state index in [1.54, 1.807) is 24.3 Å². The summed E-state index contributed by atoms with van der Waals surface area (Å²) in [6, 6.07) is 12.4. The Morgan fingerprint density at radius 2 is 1.72 bits per heavy atom. The maximum Gasteiger partial charge on any atom is 0.387 e. The van der Waals surface area contributed by atoms with Gasteiger partial charge in [-0.15, -0.1) is 0 Å². The third kappa shape index (κ3) is 5.53. The number of nitrogens with one attached hydrogen (secondary N) is 1. The second kappa shape index (κ2) is 8.06. The lowest BCUT2D eigenvalue weighted by atomic mass is 10.1. The van der Waals surface area contributed by atoms with Gasteiger partial charge in [0.15, 0.2) is 9.84 Å². The van der Waals surface area contributed by atoms with Crippen LogP contribution in [0, 0.1) is 0 Å². The Kier molecular flexibility index (Phi) is 6.08. The van der Waals surface area contributed by atoms with Crippen molar-refractivity contribution in [1.82, 2.24) is 0 Å². The molecule has 0 saturated carbocycles. The number of rotatable bonds is 7. The number of hydrogen-bond donors (Lipinski definition) is 1.